The van der Waals surface area contributed by atoms with E-state index in [1.54, 1.807) is 23.3 Å². The SMILES string of the molecule is Cn1cc(-c2cncc(CCC(=O)O)c2)cn1. The first-order valence-electron chi connectivity index (χ1n) is 5.30. The zero-order chi connectivity index (χ0) is 12.3. The van der Waals surface area contributed by atoms with Crippen molar-refractivity contribution < 1.29 is 9.90 Å². The summed E-state index contributed by atoms with van der Waals surface area (Å²) >= 11 is 0. The molecule has 0 aliphatic heterocycles. The second-order valence-electron chi connectivity index (χ2n) is 3.88. The Kier molecular flexibility index (Phi) is 3.18. The largest absolute Gasteiger partial charge is 0.481 e. The van der Waals surface area contributed by atoms with Crippen molar-refractivity contribution in [3.8, 4) is 11.1 Å². The molecule has 88 valence electrons. The van der Waals surface area contributed by atoms with E-state index in [4.69, 9.17) is 5.11 Å². The van der Waals surface area contributed by atoms with Gasteiger partial charge in [-0.2, -0.15) is 5.10 Å². The molecule has 0 fully saturated rings. The molecule has 5 nitrogen and oxygen atoms in total. The molecular weight excluding hydrogens is 218 g/mol. The summed E-state index contributed by atoms with van der Waals surface area (Å²) in [6, 6.07) is 1.95. The molecular formula is C12H13N3O2. The van der Waals surface area contributed by atoms with Gasteiger partial charge in [0.25, 0.3) is 0 Å². The lowest BCUT2D eigenvalue weighted by Gasteiger charge is -2.01. The summed E-state index contributed by atoms with van der Waals surface area (Å²) in [6.07, 6.45) is 7.73. The van der Waals surface area contributed by atoms with Crippen molar-refractivity contribution in [2.45, 2.75) is 12.8 Å². The van der Waals surface area contributed by atoms with Crippen LogP contribution in [0.2, 0.25) is 0 Å². The lowest BCUT2D eigenvalue weighted by Crippen LogP contribution is -1.98. The van der Waals surface area contributed by atoms with E-state index >= 15 is 0 Å². The van der Waals surface area contributed by atoms with Crippen LogP contribution < -0.4 is 0 Å². The number of aryl methyl sites for hydroxylation is 2. The molecule has 0 unspecified atom stereocenters. The number of aliphatic carboxylic acids is 1. The molecule has 0 radical (unpaired) electrons. The van der Waals surface area contributed by atoms with E-state index in [9.17, 15) is 4.79 Å². The van der Waals surface area contributed by atoms with Gasteiger partial charge in [0.15, 0.2) is 0 Å². The lowest BCUT2D eigenvalue weighted by molar-refractivity contribution is -0.136. The first-order chi connectivity index (χ1) is 8.15. The fourth-order valence-electron chi connectivity index (χ4n) is 1.60. The third kappa shape index (κ3) is 2.90. The number of carboxylic acid groups (broad SMARTS) is 1. The van der Waals surface area contributed by atoms with Crippen LogP contribution in [-0.2, 0) is 18.3 Å². The Hall–Kier alpha value is -2.17. The van der Waals surface area contributed by atoms with Gasteiger partial charge in [0.05, 0.1) is 6.20 Å². The van der Waals surface area contributed by atoms with Gasteiger partial charge in [0.1, 0.15) is 0 Å². The standard InChI is InChI=1S/C12H13N3O2/c1-15-8-11(7-14-15)10-4-9(5-13-6-10)2-3-12(16)17/h4-8H,2-3H2,1H3,(H,16,17). The second kappa shape index (κ2) is 4.78. The van der Waals surface area contributed by atoms with Crippen molar-refractivity contribution in [2.24, 2.45) is 7.05 Å². The molecule has 0 atom stereocenters. The van der Waals surface area contributed by atoms with Gasteiger partial charge in [0.2, 0.25) is 0 Å². The van der Waals surface area contributed by atoms with Gasteiger partial charge in [-0.1, -0.05) is 0 Å². The molecule has 0 aliphatic rings. The maximum absolute atomic E-state index is 10.5. The molecule has 0 aliphatic carbocycles. The molecule has 0 saturated carbocycles. The Morgan fingerprint density at radius 3 is 2.82 bits per heavy atom. The molecule has 2 aromatic heterocycles. The first-order valence-corrected chi connectivity index (χ1v) is 5.30. The van der Waals surface area contributed by atoms with Crippen LogP contribution in [0.3, 0.4) is 0 Å². The third-order valence-electron chi connectivity index (χ3n) is 2.46. The van der Waals surface area contributed by atoms with E-state index in [1.807, 2.05) is 19.3 Å². The molecule has 0 bridgehead atoms. The Bertz CT molecular complexity index is 534. The molecule has 0 aromatic carbocycles. The summed E-state index contributed by atoms with van der Waals surface area (Å²) in [7, 11) is 1.85. The van der Waals surface area contributed by atoms with Crippen molar-refractivity contribution in [2.75, 3.05) is 0 Å². The minimum Gasteiger partial charge on any atom is -0.481 e. The van der Waals surface area contributed by atoms with Crippen LogP contribution in [0.25, 0.3) is 11.1 Å². The molecule has 2 heterocycles. The first kappa shape index (κ1) is 11.3. The third-order valence-corrected chi connectivity index (χ3v) is 2.46. The quantitative estimate of drug-likeness (QED) is 0.865. The molecule has 2 rings (SSSR count). The average Bonchev–Trinajstić information content (AvgIpc) is 2.74. The minimum atomic E-state index is -0.795. The molecule has 5 heteroatoms. The normalized spacial score (nSPS) is 10.4. The molecule has 0 amide bonds. The predicted octanol–water partition coefficient (Wildman–Crippen LogP) is 1.50. The van der Waals surface area contributed by atoms with Crippen LogP contribution in [0, 0.1) is 0 Å². The number of pyridine rings is 1. The Morgan fingerprint density at radius 1 is 1.35 bits per heavy atom. The number of hydrogen-bond acceptors (Lipinski definition) is 3. The molecule has 1 N–H and O–H groups in total. The Labute approximate surface area is 98.7 Å². The van der Waals surface area contributed by atoms with Crippen molar-refractivity contribution in [1.29, 1.82) is 0 Å². The average molecular weight is 231 g/mol. The highest BCUT2D eigenvalue weighted by molar-refractivity contribution is 5.67. The molecule has 0 spiro atoms. The van der Waals surface area contributed by atoms with Crippen LogP contribution in [-0.4, -0.2) is 25.8 Å². The van der Waals surface area contributed by atoms with E-state index in [0.29, 0.717) is 6.42 Å². The second-order valence-corrected chi connectivity index (χ2v) is 3.88. The molecule has 17 heavy (non-hydrogen) atoms. The smallest absolute Gasteiger partial charge is 0.303 e. The maximum Gasteiger partial charge on any atom is 0.303 e. The predicted molar refractivity (Wildman–Crippen MR) is 62.4 cm³/mol. The number of carboxylic acids is 1. The monoisotopic (exact) mass is 231 g/mol. The van der Waals surface area contributed by atoms with Crippen LogP contribution in [0.1, 0.15) is 12.0 Å². The van der Waals surface area contributed by atoms with Gasteiger partial charge in [-0.3, -0.25) is 14.5 Å². The van der Waals surface area contributed by atoms with E-state index in [-0.39, 0.29) is 6.42 Å². The summed E-state index contributed by atoms with van der Waals surface area (Å²) < 4.78 is 1.72. The van der Waals surface area contributed by atoms with Crippen LogP contribution in [0.4, 0.5) is 0 Å². The Balaban J connectivity index is 2.19. The highest BCUT2D eigenvalue weighted by Crippen LogP contribution is 2.18. The van der Waals surface area contributed by atoms with Gasteiger partial charge < -0.3 is 5.11 Å². The zero-order valence-corrected chi connectivity index (χ0v) is 9.50. The van der Waals surface area contributed by atoms with Crippen molar-refractivity contribution in [3.63, 3.8) is 0 Å². The Morgan fingerprint density at radius 2 is 2.18 bits per heavy atom. The number of nitrogens with zero attached hydrogens (tertiary/aromatic N) is 3. The number of aromatic nitrogens is 3. The van der Waals surface area contributed by atoms with Gasteiger partial charge in [-0.05, 0) is 18.1 Å². The van der Waals surface area contributed by atoms with Crippen LogP contribution in [0.5, 0.6) is 0 Å². The van der Waals surface area contributed by atoms with Crippen LogP contribution in [0.15, 0.2) is 30.9 Å². The topological polar surface area (TPSA) is 68.0 Å². The summed E-state index contributed by atoms with van der Waals surface area (Å²) in [5.74, 6) is -0.795. The van der Waals surface area contributed by atoms with Gasteiger partial charge in [0, 0.05) is 43.2 Å². The van der Waals surface area contributed by atoms with Crippen molar-refractivity contribution in [3.05, 3.63) is 36.4 Å². The highest BCUT2D eigenvalue weighted by atomic mass is 16.4. The highest BCUT2D eigenvalue weighted by Gasteiger charge is 2.04. The summed E-state index contributed by atoms with van der Waals surface area (Å²) in [4.78, 5) is 14.6. The lowest BCUT2D eigenvalue weighted by atomic mass is 10.1. The van der Waals surface area contributed by atoms with Gasteiger partial charge in [-0.25, -0.2) is 0 Å². The maximum atomic E-state index is 10.5. The number of rotatable bonds is 4. The van der Waals surface area contributed by atoms with Gasteiger partial charge in [-0.15, -0.1) is 0 Å². The van der Waals surface area contributed by atoms with E-state index < -0.39 is 5.97 Å². The van der Waals surface area contributed by atoms with Gasteiger partial charge >= 0.3 is 5.97 Å². The van der Waals surface area contributed by atoms with Crippen molar-refractivity contribution in [1.82, 2.24) is 14.8 Å². The van der Waals surface area contributed by atoms with E-state index in [0.717, 1.165) is 16.7 Å². The number of hydrogen-bond donors (Lipinski definition) is 1. The molecule has 2 aromatic rings. The summed E-state index contributed by atoms with van der Waals surface area (Å²) in [5, 5.41) is 12.7. The van der Waals surface area contributed by atoms with E-state index in [1.165, 1.54) is 0 Å². The summed E-state index contributed by atoms with van der Waals surface area (Å²) in [5.41, 5.74) is 2.87. The summed E-state index contributed by atoms with van der Waals surface area (Å²) in [6.45, 7) is 0. The number of carbonyl (C=O) groups is 1. The van der Waals surface area contributed by atoms with E-state index in [2.05, 4.69) is 10.1 Å². The molecule has 0 saturated heterocycles. The fraction of sp³-hybridized carbons (Fsp3) is 0.250. The zero-order valence-electron chi connectivity index (χ0n) is 9.50. The van der Waals surface area contributed by atoms with Crippen molar-refractivity contribution >= 4 is 5.97 Å². The van der Waals surface area contributed by atoms with Crippen LogP contribution >= 0.6 is 0 Å². The fourth-order valence-corrected chi connectivity index (χ4v) is 1.60. The minimum absolute atomic E-state index is 0.123.